The van der Waals surface area contributed by atoms with E-state index in [9.17, 15) is 4.79 Å². The summed E-state index contributed by atoms with van der Waals surface area (Å²) in [6, 6.07) is 3.70. The fourth-order valence-corrected chi connectivity index (χ4v) is 2.37. The molecule has 0 radical (unpaired) electrons. The Kier molecular flexibility index (Phi) is 3.42. The number of pyridine rings is 1. The molecule has 0 aromatic carbocycles. The normalized spacial score (nSPS) is 10.8. The Hall–Kier alpha value is -2.28. The lowest BCUT2D eigenvalue weighted by Gasteiger charge is -1.99. The van der Waals surface area contributed by atoms with Crippen LogP contribution in [0, 0.1) is 6.92 Å². The fourth-order valence-electron chi connectivity index (χ4n) is 2.14. The molecule has 0 aliphatic heterocycles. The third kappa shape index (κ3) is 2.52. The molecule has 6 nitrogen and oxygen atoms in total. The van der Waals surface area contributed by atoms with E-state index in [-0.39, 0.29) is 0 Å². The highest BCUT2D eigenvalue weighted by molar-refractivity contribution is 9.10. The molecule has 3 heterocycles. The second kappa shape index (κ2) is 5.25. The van der Waals surface area contributed by atoms with Crippen molar-refractivity contribution in [3.05, 3.63) is 46.5 Å². The van der Waals surface area contributed by atoms with Crippen LogP contribution in [0.4, 0.5) is 0 Å². The second-order valence-corrected chi connectivity index (χ2v) is 5.55. The highest BCUT2D eigenvalue weighted by Crippen LogP contribution is 2.24. The number of carbonyl (C=O) groups is 1. The van der Waals surface area contributed by atoms with Crippen LogP contribution in [0.1, 0.15) is 16.1 Å². The summed E-state index contributed by atoms with van der Waals surface area (Å²) >= 11 is 3.34. The van der Waals surface area contributed by atoms with Crippen LogP contribution in [-0.2, 0) is 7.05 Å². The number of aromatic nitrogens is 5. The van der Waals surface area contributed by atoms with Crippen molar-refractivity contribution >= 4 is 22.2 Å². The molecule has 21 heavy (non-hydrogen) atoms. The Labute approximate surface area is 129 Å². The number of aryl methyl sites for hydroxylation is 2. The van der Waals surface area contributed by atoms with Crippen molar-refractivity contribution < 1.29 is 4.79 Å². The van der Waals surface area contributed by atoms with Crippen molar-refractivity contribution in [3.8, 4) is 17.1 Å². The third-order valence-corrected chi connectivity index (χ3v) is 3.55. The van der Waals surface area contributed by atoms with Crippen molar-refractivity contribution in [2.45, 2.75) is 6.92 Å². The van der Waals surface area contributed by atoms with Gasteiger partial charge < -0.3 is 0 Å². The summed E-state index contributed by atoms with van der Waals surface area (Å²) in [6.07, 6.45) is 6.01. The summed E-state index contributed by atoms with van der Waals surface area (Å²) in [6.45, 7) is 1.89. The predicted octanol–water partition coefficient (Wildman–Crippen LogP) is 2.55. The van der Waals surface area contributed by atoms with Gasteiger partial charge in [-0.25, -0.2) is 9.67 Å². The highest BCUT2D eigenvalue weighted by Gasteiger charge is 2.16. The Morgan fingerprint density at radius 1 is 1.24 bits per heavy atom. The van der Waals surface area contributed by atoms with Gasteiger partial charge in [-0.05, 0) is 35.0 Å². The molecule has 0 fully saturated rings. The zero-order valence-electron chi connectivity index (χ0n) is 11.5. The van der Waals surface area contributed by atoms with Gasteiger partial charge in [0.1, 0.15) is 5.69 Å². The maximum absolute atomic E-state index is 11.3. The molecule has 0 N–H and O–H groups in total. The SMILES string of the molecule is Cc1nn(C)cc1-c1nn(-c2ccc(Br)cn2)cc1C=O. The smallest absolute Gasteiger partial charge is 0.153 e. The maximum atomic E-state index is 11.3. The van der Waals surface area contributed by atoms with Crippen molar-refractivity contribution in [1.29, 1.82) is 0 Å². The largest absolute Gasteiger partial charge is 0.298 e. The topological polar surface area (TPSA) is 65.6 Å². The molecule has 0 spiro atoms. The molecular formula is C14H12BrN5O. The molecule has 3 rings (SSSR count). The molecule has 7 heteroatoms. The average Bonchev–Trinajstić information content (AvgIpc) is 3.02. The molecule has 3 aromatic rings. The number of nitrogens with zero attached hydrogens (tertiary/aromatic N) is 5. The van der Waals surface area contributed by atoms with Gasteiger partial charge in [0.2, 0.25) is 0 Å². The van der Waals surface area contributed by atoms with Gasteiger partial charge in [-0.15, -0.1) is 0 Å². The van der Waals surface area contributed by atoms with Gasteiger partial charge >= 0.3 is 0 Å². The summed E-state index contributed by atoms with van der Waals surface area (Å²) in [4.78, 5) is 15.6. The third-order valence-electron chi connectivity index (χ3n) is 3.08. The minimum atomic E-state index is 0.510. The summed E-state index contributed by atoms with van der Waals surface area (Å²) < 4.78 is 4.19. The van der Waals surface area contributed by atoms with Gasteiger partial charge in [0.15, 0.2) is 12.1 Å². The Morgan fingerprint density at radius 3 is 2.62 bits per heavy atom. The van der Waals surface area contributed by atoms with Crippen molar-refractivity contribution in [2.24, 2.45) is 7.05 Å². The molecule has 0 unspecified atom stereocenters. The summed E-state index contributed by atoms with van der Waals surface area (Å²) in [5, 5.41) is 8.77. The van der Waals surface area contributed by atoms with E-state index < -0.39 is 0 Å². The standard InChI is InChI=1S/C14H12BrN5O/c1-9-12(7-19(2)17-9)14-10(8-21)6-20(18-14)13-4-3-11(15)5-16-13/h3-8H,1-2H3. The van der Waals surface area contributed by atoms with Crippen molar-refractivity contribution in [3.63, 3.8) is 0 Å². The minimum absolute atomic E-state index is 0.510. The molecule has 0 saturated heterocycles. The molecule has 0 saturated carbocycles. The zero-order valence-corrected chi connectivity index (χ0v) is 13.1. The van der Waals surface area contributed by atoms with Crippen molar-refractivity contribution in [1.82, 2.24) is 24.5 Å². The number of rotatable bonds is 3. The number of hydrogen-bond acceptors (Lipinski definition) is 4. The summed E-state index contributed by atoms with van der Waals surface area (Å²) in [5.41, 5.74) is 2.79. The van der Waals surface area contributed by atoms with Gasteiger partial charge in [0.25, 0.3) is 0 Å². The first-order chi connectivity index (χ1) is 10.1. The highest BCUT2D eigenvalue weighted by atomic mass is 79.9. The van der Waals surface area contributed by atoms with E-state index in [1.807, 2.05) is 32.3 Å². The lowest BCUT2D eigenvalue weighted by molar-refractivity contribution is 0.112. The van der Waals surface area contributed by atoms with Gasteiger partial charge in [0.05, 0.1) is 11.3 Å². The molecule has 106 valence electrons. The molecule has 0 aliphatic carbocycles. The summed E-state index contributed by atoms with van der Waals surface area (Å²) in [5.74, 6) is 0.647. The minimum Gasteiger partial charge on any atom is -0.298 e. The number of hydrogen-bond donors (Lipinski definition) is 0. The molecular weight excluding hydrogens is 334 g/mol. The molecule has 3 aromatic heterocycles. The van der Waals surface area contributed by atoms with Gasteiger partial charge in [-0.2, -0.15) is 10.2 Å². The van der Waals surface area contributed by atoms with Crippen LogP contribution in [0.2, 0.25) is 0 Å². The van der Waals surface area contributed by atoms with Gasteiger partial charge in [0, 0.05) is 35.7 Å². The van der Waals surface area contributed by atoms with Crippen molar-refractivity contribution in [2.75, 3.05) is 0 Å². The molecule has 0 aliphatic rings. The van der Waals surface area contributed by atoms with Crippen LogP contribution >= 0.6 is 15.9 Å². The number of carbonyl (C=O) groups excluding carboxylic acids is 1. The number of aldehydes is 1. The first-order valence-electron chi connectivity index (χ1n) is 6.26. The fraction of sp³-hybridized carbons (Fsp3) is 0.143. The predicted molar refractivity (Wildman–Crippen MR) is 81.4 cm³/mol. The Balaban J connectivity index is 2.12. The molecule has 0 amide bonds. The van der Waals surface area contributed by atoms with Gasteiger partial charge in [-0.1, -0.05) is 0 Å². The Morgan fingerprint density at radius 2 is 2.05 bits per heavy atom. The van der Waals surface area contributed by atoms with Crippen LogP contribution in [0.3, 0.4) is 0 Å². The lowest BCUT2D eigenvalue weighted by atomic mass is 10.1. The van der Waals surface area contributed by atoms with Crippen LogP contribution < -0.4 is 0 Å². The van der Waals surface area contributed by atoms with E-state index in [0.717, 1.165) is 22.0 Å². The Bertz CT molecular complexity index is 803. The van der Waals surface area contributed by atoms with E-state index in [4.69, 9.17) is 0 Å². The second-order valence-electron chi connectivity index (χ2n) is 4.63. The lowest BCUT2D eigenvalue weighted by Crippen LogP contribution is -1.97. The molecule has 0 bridgehead atoms. The van der Waals surface area contributed by atoms with E-state index in [1.54, 1.807) is 21.8 Å². The quantitative estimate of drug-likeness (QED) is 0.684. The maximum Gasteiger partial charge on any atom is 0.153 e. The van der Waals surface area contributed by atoms with E-state index in [0.29, 0.717) is 17.1 Å². The monoisotopic (exact) mass is 345 g/mol. The zero-order chi connectivity index (χ0) is 15.0. The van der Waals surface area contributed by atoms with E-state index in [1.165, 1.54) is 0 Å². The summed E-state index contributed by atoms with van der Waals surface area (Å²) in [7, 11) is 1.84. The van der Waals surface area contributed by atoms with Gasteiger partial charge in [-0.3, -0.25) is 9.48 Å². The van der Waals surface area contributed by atoms with E-state index in [2.05, 4.69) is 31.1 Å². The number of halogens is 1. The molecule has 0 atom stereocenters. The van der Waals surface area contributed by atoms with E-state index >= 15 is 0 Å². The van der Waals surface area contributed by atoms with Crippen LogP contribution in [0.5, 0.6) is 0 Å². The first kappa shape index (κ1) is 13.7. The average molecular weight is 346 g/mol. The van der Waals surface area contributed by atoms with Crippen LogP contribution in [-0.4, -0.2) is 30.8 Å². The first-order valence-corrected chi connectivity index (χ1v) is 7.05. The van der Waals surface area contributed by atoms with Crippen LogP contribution in [0.25, 0.3) is 17.1 Å². The van der Waals surface area contributed by atoms with Crippen LogP contribution in [0.15, 0.2) is 35.2 Å².